The van der Waals surface area contributed by atoms with Crippen LogP contribution in [-0.2, 0) is 26.0 Å². The molecule has 0 aromatic heterocycles. The van der Waals surface area contributed by atoms with E-state index in [-0.39, 0.29) is 19.5 Å². The first-order valence-corrected chi connectivity index (χ1v) is 20.4. The second kappa shape index (κ2) is 22.1. The molecule has 1 nitrogen and oxygen atoms in total. The molecule has 1 fully saturated rings. The van der Waals surface area contributed by atoms with Crippen molar-refractivity contribution in [3.05, 3.63) is 182 Å². The fourth-order valence-corrected chi connectivity index (χ4v) is 13.2. The molecule has 9 heteroatoms. The molecule has 2 atom stereocenters. The summed E-state index contributed by atoms with van der Waals surface area (Å²) >= 11 is 0. The van der Waals surface area contributed by atoms with Crippen LogP contribution in [0.2, 0.25) is 0 Å². The van der Waals surface area contributed by atoms with E-state index in [9.17, 15) is 17.3 Å². The Bertz CT molecular complexity index is 1550. The van der Waals surface area contributed by atoms with Crippen LogP contribution in [0.25, 0.3) is 0 Å². The molecule has 52 heavy (non-hydrogen) atoms. The van der Waals surface area contributed by atoms with Gasteiger partial charge in [-0.2, -0.15) is 0 Å². The Kier molecular flexibility index (Phi) is 17.7. The third-order valence-corrected chi connectivity index (χ3v) is 14.7. The first kappa shape index (κ1) is 41.6. The second-order valence-electron chi connectivity index (χ2n) is 12.5. The number of benzene rings is 5. The fraction of sp³-hybridized carbons (Fsp3) is 0.209. The molecule has 1 saturated heterocycles. The van der Waals surface area contributed by atoms with E-state index in [4.69, 9.17) is 0 Å². The van der Waals surface area contributed by atoms with Crippen LogP contribution in [0.5, 0.6) is 0 Å². The normalized spacial score (nSPS) is 17.2. The van der Waals surface area contributed by atoms with Gasteiger partial charge in [-0.1, -0.05) is 176 Å². The maximum atomic E-state index is 9.75. The standard InChI is InChI=1S/C35H33NP2.C8H12.BF4.Rh/c1-6-16-29(17-7-1)26-36-27-34(37(30-18-8-2-9-19-30)31-20-10-3-11-21-31)35(28-36)38(32-22-12-4-13-23-32)33-24-14-5-15-25-33;1-2-4-6-8-7-5-3-1;2-1(3,4)5;/h1-25,34-35H,26-28H2;1-2,7-8H,3-6H2;;/q;;-1;. The first-order chi connectivity index (χ1) is 24.9. The molecule has 0 amide bonds. The number of halogens is 4. The van der Waals surface area contributed by atoms with Crippen LogP contribution in [0.4, 0.5) is 17.3 Å². The van der Waals surface area contributed by atoms with E-state index in [1.165, 1.54) is 52.5 Å². The minimum atomic E-state index is -6.00. The fourth-order valence-electron chi connectivity index (χ4n) is 6.60. The SMILES string of the molecule is C1=CCCC=CCC1.F[B-](F)(F)F.[Rh].c1ccc(CN2CC(P(c3ccccc3)c3ccccc3)C(P(c3ccccc3)c3ccccc3)C2)cc1. The molecule has 7 rings (SSSR count). The summed E-state index contributed by atoms with van der Waals surface area (Å²) in [7, 11) is -7.06. The van der Waals surface area contributed by atoms with E-state index in [0.29, 0.717) is 11.3 Å². The van der Waals surface area contributed by atoms with Crippen LogP contribution in [0.1, 0.15) is 31.2 Å². The van der Waals surface area contributed by atoms with E-state index in [2.05, 4.69) is 181 Å². The van der Waals surface area contributed by atoms with E-state index in [1.807, 2.05) is 0 Å². The topological polar surface area (TPSA) is 3.24 Å². The second-order valence-corrected chi connectivity index (χ2v) is 17.4. The van der Waals surface area contributed by atoms with Gasteiger partial charge in [0.1, 0.15) is 0 Å². The van der Waals surface area contributed by atoms with Crippen molar-refractivity contribution in [1.29, 1.82) is 0 Å². The molecule has 5 aromatic rings. The van der Waals surface area contributed by atoms with Crippen molar-refractivity contribution in [3.8, 4) is 0 Å². The monoisotopic (exact) mass is 827 g/mol. The zero-order valence-electron chi connectivity index (χ0n) is 29.1. The summed E-state index contributed by atoms with van der Waals surface area (Å²) < 4.78 is 39.0. The van der Waals surface area contributed by atoms with Crippen molar-refractivity contribution < 1.29 is 36.7 Å². The number of nitrogens with zero attached hydrogens (tertiary/aromatic N) is 1. The van der Waals surface area contributed by atoms with Crippen molar-refractivity contribution in [3.63, 3.8) is 0 Å². The first-order valence-electron chi connectivity index (χ1n) is 17.6. The molecule has 2 unspecified atom stereocenters. The van der Waals surface area contributed by atoms with Crippen LogP contribution < -0.4 is 21.2 Å². The minimum Gasteiger partial charge on any atom is -0.418 e. The minimum absolute atomic E-state index is 0. The molecule has 1 radical (unpaired) electrons. The third kappa shape index (κ3) is 13.7. The van der Waals surface area contributed by atoms with Crippen LogP contribution in [0.15, 0.2) is 176 Å². The predicted molar refractivity (Wildman–Crippen MR) is 214 cm³/mol. The molecule has 2 aliphatic rings. The molecule has 0 spiro atoms. The van der Waals surface area contributed by atoms with Gasteiger partial charge in [-0.05, 0) is 68.3 Å². The Morgan fingerprint density at radius 1 is 0.442 bits per heavy atom. The third-order valence-electron chi connectivity index (χ3n) is 8.72. The molecule has 0 N–H and O–H groups in total. The van der Waals surface area contributed by atoms with Gasteiger partial charge in [0.2, 0.25) is 0 Å². The summed E-state index contributed by atoms with van der Waals surface area (Å²) in [4.78, 5) is 2.73. The number of likely N-dealkylation sites (tertiary alicyclic amines) is 1. The summed E-state index contributed by atoms with van der Waals surface area (Å²) in [5.74, 6) is 0. The summed E-state index contributed by atoms with van der Waals surface area (Å²) in [6, 6.07) is 56.3. The average molecular weight is 827 g/mol. The van der Waals surface area contributed by atoms with Gasteiger partial charge in [0.25, 0.3) is 0 Å². The Balaban J connectivity index is 0.000000367. The number of hydrogen-bond acceptors (Lipinski definition) is 1. The van der Waals surface area contributed by atoms with Crippen LogP contribution in [0.3, 0.4) is 0 Å². The predicted octanol–water partition coefficient (Wildman–Crippen LogP) is 10.5. The summed E-state index contributed by atoms with van der Waals surface area (Å²) in [5, 5.41) is 5.95. The molecule has 5 aromatic carbocycles. The van der Waals surface area contributed by atoms with E-state index in [0.717, 1.165) is 19.6 Å². The van der Waals surface area contributed by atoms with E-state index >= 15 is 0 Å². The van der Waals surface area contributed by atoms with Crippen molar-refractivity contribution in [2.75, 3.05) is 13.1 Å². The van der Waals surface area contributed by atoms with Crippen LogP contribution >= 0.6 is 15.8 Å². The van der Waals surface area contributed by atoms with Crippen molar-refractivity contribution in [1.82, 2.24) is 4.90 Å². The molecule has 0 bridgehead atoms. The smallest absolute Gasteiger partial charge is 0.418 e. The number of hydrogen-bond donors (Lipinski definition) is 0. The largest absolute Gasteiger partial charge is 0.673 e. The molecule has 1 heterocycles. The Hall–Kier alpha value is -3.19. The van der Waals surface area contributed by atoms with Crippen LogP contribution in [0, 0.1) is 0 Å². The zero-order valence-corrected chi connectivity index (χ0v) is 32.5. The van der Waals surface area contributed by atoms with Gasteiger partial charge < -0.3 is 17.3 Å². The maximum absolute atomic E-state index is 9.75. The quantitative estimate of drug-likeness (QED) is 0.0652. The summed E-state index contributed by atoms with van der Waals surface area (Å²) in [5.41, 5.74) is 2.52. The Labute approximate surface area is 322 Å². The number of allylic oxidation sites excluding steroid dienone is 4. The van der Waals surface area contributed by atoms with Gasteiger partial charge in [0.05, 0.1) is 0 Å². The maximum Gasteiger partial charge on any atom is 0.673 e. The van der Waals surface area contributed by atoms with E-state index in [1.54, 1.807) is 0 Å². The number of rotatable bonds is 8. The summed E-state index contributed by atoms with van der Waals surface area (Å²) in [6.45, 7) is 3.24. The van der Waals surface area contributed by atoms with Crippen molar-refractivity contribution in [2.45, 2.75) is 43.5 Å². The van der Waals surface area contributed by atoms with E-state index < -0.39 is 23.1 Å². The van der Waals surface area contributed by atoms with Crippen molar-refractivity contribution in [2.24, 2.45) is 0 Å². The molecular weight excluding hydrogens is 782 g/mol. The van der Waals surface area contributed by atoms with Gasteiger partial charge in [0.15, 0.2) is 0 Å². The van der Waals surface area contributed by atoms with Gasteiger partial charge in [-0.3, -0.25) is 4.90 Å². The Morgan fingerprint density at radius 2 is 0.692 bits per heavy atom. The summed E-state index contributed by atoms with van der Waals surface area (Å²) in [6.07, 6.45) is 14.0. The zero-order chi connectivity index (χ0) is 35.7. The molecular formula is C43H45BF4NP2Rh-. The van der Waals surface area contributed by atoms with Gasteiger partial charge in [-0.15, -0.1) is 0 Å². The van der Waals surface area contributed by atoms with Gasteiger partial charge in [-0.25, -0.2) is 0 Å². The average Bonchev–Trinajstić information content (AvgIpc) is 3.52. The molecule has 1 aliphatic carbocycles. The van der Waals surface area contributed by atoms with Gasteiger partial charge >= 0.3 is 7.25 Å². The molecule has 273 valence electrons. The molecule has 1 aliphatic heterocycles. The van der Waals surface area contributed by atoms with Crippen molar-refractivity contribution >= 4 is 44.3 Å². The van der Waals surface area contributed by atoms with Gasteiger partial charge in [0, 0.05) is 50.4 Å². The molecule has 0 saturated carbocycles. The van der Waals surface area contributed by atoms with Crippen LogP contribution in [-0.4, -0.2) is 36.6 Å². The Morgan fingerprint density at radius 3 is 0.962 bits per heavy atom.